The first-order valence-corrected chi connectivity index (χ1v) is 11.6. The summed E-state index contributed by atoms with van der Waals surface area (Å²) in [5, 5.41) is 0.465. The minimum Gasteiger partial charge on any atom is -0.493 e. The van der Waals surface area contributed by atoms with Gasteiger partial charge in [0.15, 0.2) is 10.9 Å². The van der Waals surface area contributed by atoms with Crippen molar-refractivity contribution in [3.63, 3.8) is 0 Å². The van der Waals surface area contributed by atoms with Crippen molar-refractivity contribution in [1.82, 2.24) is 15.0 Å². The zero-order valence-corrected chi connectivity index (χ0v) is 20.7. The number of hydrogen-bond donors (Lipinski definition) is 1. The van der Waals surface area contributed by atoms with Gasteiger partial charge in [0.1, 0.15) is 5.75 Å². The molecule has 159 valence electrons. The Bertz CT molecular complexity index is 1050. The van der Waals surface area contributed by atoms with Crippen molar-refractivity contribution in [3.8, 4) is 5.75 Å². The SMILES string of the molecule is Cc1c(OCC2CCCC23OCCO3)ccnc1CS(=O)c1nc2ccccc2[nH]1.[Na]. The van der Waals surface area contributed by atoms with Crippen LogP contribution in [0.15, 0.2) is 41.7 Å². The van der Waals surface area contributed by atoms with E-state index in [2.05, 4.69) is 15.0 Å². The van der Waals surface area contributed by atoms with E-state index < -0.39 is 16.6 Å². The first-order valence-electron chi connectivity index (χ1n) is 10.3. The molecule has 1 radical (unpaired) electrons. The molecule has 1 aliphatic heterocycles. The van der Waals surface area contributed by atoms with E-state index in [-0.39, 0.29) is 41.2 Å². The third-order valence-corrected chi connectivity index (χ3v) is 7.19. The topological polar surface area (TPSA) is 86.3 Å². The molecule has 2 aromatic heterocycles. The first kappa shape index (κ1) is 22.9. The number of aromatic nitrogens is 3. The van der Waals surface area contributed by atoms with Crippen LogP contribution >= 0.6 is 0 Å². The maximum absolute atomic E-state index is 12.9. The molecule has 1 N–H and O–H groups in total. The van der Waals surface area contributed by atoms with E-state index in [0.29, 0.717) is 25.0 Å². The molecule has 3 aromatic rings. The van der Waals surface area contributed by atoms with E-state index in [1.807, 2.05) is 37.3 Å². The Morgan fingerprint density at radius 3 is 2.87 bits per heavy atom. The first-order chi connectivity index (χ1) is 14.6. The molecule has 0 amide bonds. The number of benzene rings is 1. The van der Waals surface area contributed by atoms with Gasteiger partial charge in [0.2, 0.25) is 0 Å². The van der Waals surface area contributed by atoms with Crippen LogP contribution in [0.5, 0.6) is 5.75 Å². The number of para-hydroxylation sites is 2. The molecule has 1 aliphatic carbocycles. The van der Waals surface area contributed by atoms with E-state index in [1.165, 1.54) is 0 Å². The van der Waals surface area contributed by atoms with E-state index in [0.717, 1.165) is 47.3 Å². The Kier molecular flexibility index (Phi) is 7.15. The summed E-state index contributed by atoms with van der Waals surface area (Å²) in [4.78, 5) is 12.0. The molecule has 2 aliphatic rings. The van der Waals surface area contributed by atoms with Crippen LogP contribution < -0.4 is 4.74 Å². The second-order valence-corrected chi connectivity index (χ2v) is 9.21. The fraction of sp³-hybridized carbons (Fsp3) is 0.455. The molecule has 3 heterocycles. The summed E-state index contributed by atoms with van der Waals surface area (Å²) in [5.41, 5.74) is 3.34. The molecule has 0 bridgehead atoms. The monoisotopic (exact) mass is 450 g/mol. The van der Waals surface area contributed by atoms with Crippen molar-refractivity contribution in [1.29, 1.82) is 0 Å². The maximum atomic E-state index is 12.9. The summed E-state index contributed by atoms with van der Waals surface area (Å²) in [6.45, 7) is 3.81. The van der Waals surface area contributed by atoms with Gasteiger partial charge in [-0.2, -0.15) is 0 Å². The van der Waals surface area contributed by atoms with Gasteiger partial charge in [-0.15, -0.1) is 0 Å². The van der Waals surface area contributed by atoms with Gasteiger partial charge in [0.05, 0.1) is 53.1 Å². The van der Waals surface area contributed by atoms with Crippen LogP contribution in [-0.2, 0) is 26.0 Å². The Morgan fingerprint density at radius 2 is 2.06 bits per heavy atom. The molecule has 1 spiro atoms. The smallest absolute Gasteiger partial charge is 0.197 e. The van der Waals surface area contributed by atoms with Crippen molar-refractivity contribution >= 4 is 51.4 Å². The van der Waals surface area contributed by atoms with Crippen LogP contribution in [0.4, 0.5) is 0 Å². The van der Waals surface area contributed by atoms with Crippen molar-refractivity contribution in [2.24, 2.45) is 5.92 Å². The van der Waals surface area contributed by atoms with Crippen molar-refractivity contribution in [2.45, 2.75) is 42.9 Å². The number of H-pyrrole nitrogens is 1. The van der Waals surface area contributed by atoms with Crippen LogP contribution in [0, 0.1) is 12.8 Å². The number of rotatable bonds is 6. The number of fused-ring (bicyclic) bond motifs is 1. The zero-order chi connectivity index (χ0) is 20.6. The summed E-state index contributed by atoms with van der Waals surface area (Å²) in [7, 11) is -1.32. The van der Waals surface area contributed by atoms with Gasteiger partial charge in [0.25, 0.3) is 0 Å². The number of hydrogen-bond acceptors (Lipinski definition) is 6. The molecular weight excluding hydrogens is 425 g/mol. The summed E-state index contributed by atoms with van der Waals surface area (Å²) in [6.07, 6.45) is 4.76. The third-order valence-electron chi connectivity index (χ3n) is 6.03. The van der Waals surface area contributed by atoms with Crippen molar-refractivity contribution in [3.05, 3.63) is 47.8 Å². The van der Waals surface area contributed by atoms with Gasteiger partial charge in [-0.1, -0.05) is 12.1 Å². The number of ether oxygens (including phenoxy) is 3. The van der Waals surface area contributed by atoms with Gasteiger partial charge in [-0.05, 0) is 38.0 Å². The molecule has 5 rings (SSSR count). The van der Waals surface area contributed by atoms with Gasteiger partial charge in [0, 0.05) is 53.7 Å². The Balaban J connectivity index is 0.00000231. The van der Waals surface area contributed by atoms with Crippen molar-refractivity contribution in [2.75, 3.05) is 19.8 Å². The van der Waals surface area contributed by atoms with Gasteiger partial charge in [-0.25, -0.2) is 4.98 Å². The summed E-state index contributed by atoms with van der Waals surface area (Å²) in [5.74, 6) is 0.803. The molecule has 2 atom stereocenters. The third kappa shape index (κ3) is 4.60. The average Bonchev–Trinajstić information content (AvgIpc) is 3.49. The summed E-state index contributed by atoms with van der Waals surface area (Å²) in [6, 6.07) is 9.53. The number of nitrogens with one attached hydrogen (secondary N) is 1. The molecule has 2 fully saturated rings. The fourth-order valence-electron chi connectivity index (χ4n) is 4.36. The maximum Gasteiger partial charge on any atom is 0.197 e. The molecular formula is C22H25N3NaO4S. The number of imidazole rings is 1. The van der Waals surface area contributed by atoms with E-state index in [4.69, 9.17) is 14.2 Å². The zero-order valence-electron chi connectivity index (χ0n) is 17.9. The van der Waals surface area contributed by atoms with Gasteiger partial charge in [-0.3, -0.25) is 9.19 Å². The number of nitrogens with zero attached hydrogens (tertiary/aromatic N) is 2. The molecule has 1 saturated heterocycles. The van der Waals surface area contributed by atoms with Gasteiger partial charge < -0.3 is 19.2 Å². The average molecular weight is 451 g/mol. The predicted molar refractivity (Wildman–Crippen MR) is 118 cm³/mol. The predicted octanol–water partition coefficient (Wildman–Crippen LogP) is 3.12. The van der Waals surface area contributed by atoms with Crippen LogP contribution in [0.1, 0.15) is 30.5 Å². The van der Waals surface area contributed by atoms with Gasteiger partial charge >= 0.3 is 0 Å². The minimum atomic E-state index is -1.32. The second kappa shape index (κ2) is 9.68. The molecule has 31 heavy (non-hydrogen) atoms. The summed E-state index contributed by atoms with van der Waals surface area (Å²) >= 11 is 0. The van der Waals surface area contributed by atoms with E-state index >= 15 is 0 Å². The largest absolute Gasteiger partial charge is 0.493 e. The molecule has 7 nitrogen and oxygen atoms in total. The molecule has 1 aromatic carbocycles. The fourth-order valence-corrected chi connectivity index (χ4v) is 5.46. The summed E-state index contributed by atoms with van der Waals surface area (Å²) < 4.78 is 30.9. The number of pyridine rings is 1. The van der Waals surface area contributed by atoms with Crippen LogP contribution in [0.2, 0.25) is 0 Å². The van der Waals surface area contributed by atoms with E-state index in [1.54, 1.807) is 6.20 Å². The Morgan fingerprint density at radius 1 is 1.26 bits per heavy atom. The molecule has 1 saturated carbocycles. The molecule has 9 heteroatoms. The van der Waals surface area contributed by atoms with E-state index in [9.17, 15) is 4.21 Å². The van der Waals surface area contributed by atoms with Crippen molar-refractivity contribution < 1.29 is 18.4 Å². The Hall–Kier alpha value is -1.29. The normalized spacial score (nSPS) is 20.7. The van der Waals surface area contributed by atoms with Crippen LogP contribution in [0.25, 0.3) is 11.0 Å². The van der Waals surface area contributed by atoms with Crippen LogP contribution in [0.3, 0.4) is 0 Å². The molecule has 2 unspecified atom stereocenters. The number of aromatic amines is 1. The quantitative estimate of drug-likeness (QED) is 0.581. The second-order valence-electron chi connectivity index (χ2n) is 7.84. The minimum absolute atomic E-state index is 0. The standard InChI is InChI=1S/C22H25N3O4S.Na/c1-15-19(14-30(26)21-24-17-6-2-3-7-18(17)25-21)23-10-8-20(15)27-13-16-5-4-9-22(16)28-11-12-29-22;/h2-3,6-8,10,16H,4-5,9,11-14H2,1H3,(H,24,25);. The van der Waals surface area contributed by atoms with Crippen LogP contribution in [-0.4, -0.2) is 74.3 Å². The Labute approximate surface area is 206 Å².